The summed E-state index contributed by atoms with van der Waals surface area (Å²) in [6, 6.07) is 5.39. The zero-order valence-electron chi connectivity index (χ0n) is 9.63. The van der Waals surface area contributed by atoms with E-state index in [1.807, 2.05) is 18.4 Å². The summed E-state index contributed by atoms with van der Waals surface area (Å²) in [7, 11) is 1.70. The smallest absolute Gasteiger partial charge is 0.131 e. The molecule has 2 aromatic rings. The highest BCUT2D eigenvalue weighted by Gasteiger charge is 2.22. The molecule has 0 bridgehead atoms. The quantitative estimate of drug-likeness (QED) is 0.880. The van der Waals surface area contributed by atoms with Crippen LogP contribution in [0.3, 0.4) is 0 Å². The van der Waals surface area contributed by atoms with E-state index in [-0.39, 0.29) is 5.56 Å². The zero-order valence-corrected chi connectivity index (χ0v) is 10.4. The third kappa shape index (κ3) is 2.23. The standard InChI is InChI=1S/C13H13F2NS/c1-8-9(6-7-17-8)13(16-2)12-10(14)4-3-5-11(12)15/h3-7,13,16H,1-2H3. The topological polar surface area (TPSA) is 12.0 Å². The fraction of sp³-hybridized carbons (Fsp3) is 0.231. The predicted octanol–water partition coefficient (Wildman–Crippen LogP) is 3.64. The summed E-state index contributed by atoms with van der Waals surface area (Å²) in [5.74, 6) is -1.04. The molecule has 0 saturated heterocycles. The van der Waals surface area contributed by atoms with E-state index in [1.165, 1.54) is 18.2 Å². The lowest BCUT2D eigenvalue weighted by molar-refractivity contribution is 0.522. The van der Waals surface area contributed by atoms with Gasteiger partial charge in [0.15, 0.2) is 0 Å². The van der Waals surface area contributed by atoms with Gasteiger partial charge in [0.2, 0.25) is 0 Å². The van der Waals surface area contributed by atoms with E-state index in [0.29, 0.717) is 0 Å². The number of aryl methyl sites for hydroxylation is 1. The van der Waals surface area contributed by atoms with Crippen molar-refractivity contribution in [1.29, 1.82) is 0 Å². The van der Waals surface area contributed by atoms with Gasteiger partial charge < -0.3 is 5.32 Å². The molecule has 0 spiro atoms. The average molecular weight is 253 g/mol. The SMILES string of the molecule is CNC(c1ccsc1C)c1c(F)cccc1F. The lowest BCUT2D eigenvalue weighted by Gasteiger charge is -2.18. The summed E-state index contributed by atoms with van der Waals surface area (Å²) >= 11 is 1.57. The van der Waals surface area contributed by atoms with Crippen LogP contribution in [-0.4, -0.2) is 7.05 Å². The maximum atomic E-state index is 13.7. The van der Waals surface area contributed by atoms with Crippen molar-refractivity contribution in [3.05, 3.63) is 57.3 Å². The van der Waals surface area contributed by atoms with Gasteiger partial charge in [-0.15, -0.1) is 11.3 Å². The van der Waals surface area contributed by atoms with Crippen LogP contribution in [0.1, 0.15) is 22.0 Å². The highest BCUT2D eigenvalue weighted by molar-refractivity contribution is 7.10. The van der Waals surface area contributed by atoms with Gasteiger partial charge >= 0.3 is 0 Å². The molecule has 0 amide bonds. The Kier molecular flexibility index (Phi) is 3.54. The fourth-order valence-electron chi connectivity index (χ4n) is 1.94. The summed E-state index contributed by atoms with van der Waals surface area (Å²) in [5.41, 5.74) is 0.998. The van der Waals surface area contributed by atoms with Crippen molar-refractivity contribution in [2.75, 3.05) is 7.05 Å². The monoisotopic (exact) mass is 253 g/mol. The molecule has 1 aromatic heterocycles. The Balaban J connectivity index is 2.53. The molecule has 90 valence electrons. The maximum absolute atomic E-state index is 13.7. The molecule has 2 rings (SSSR count). The van der Waals surface area contributed by atoms with E-state index in [4.69, 9.17) is 0 Å². The van der Waals surface area contributed by atoms with Crippen LogP contribution < -0.4 is 5.32 Å². The van der Waals surface area contributed by atoms with Gasteiger partial charge in [0, 0.05) is 10.4 Å². The van der Waals surface area contributed by atoms with Crippen molar-refractivity contribution >= 4 is 11.3 Å². The van der Waals surface area contributed by atoms with Gasteiger partial charge in [-0.1, -0.05) is 6.07 Å². The second kappa shape index (κ2) is 4.94. The maximum Gasteiger partial charge on any atom is 0.131 e. The third-order valence-electron chi connectivity index (χ3n) is 2.79. The molecule has 1 aromatic carbocycles. The lowest BCUT2D eigenvalue weighted by atomic mass is 9.98. The number of hydrogen-bond donors (Lipinski definition) is 1. The van der Waals surface area contributed by atoms with Crippen molar-refractivity contribution < 1.29 is 8.78 Å². The normalized spacial score (nSPS) is 12.7. The second-order valence-corrected chi connectivity index (χ2v) is 4.91. The molecule has 1 heterocycles. The lowest BCUT2D eigenvalue weighted by Crippen LogP contribution is -2.20. The van der Waals surface area contributed by atoms with Gasteiger partial charge in [-0.3, -0.25) is 0 Å². The van der Waals surface area contributed by atoms with Crippen molar-refractivity contribution in [2.24, 2.45) is 0 Å². The first-order chi connectivity index (χ1) is 8.15. The number of thiophene rings is 1. The molecule has 1 atom stereocenters. The van der Waals surface area contributed by atoms with E-state index >= 15 is 0 Å². The number of nitrogens with one attached hydrogen (secondary N) is 1. The highest BCUT2D eigenvalue weighted by atomic mass is 32.1. The van der Waals surface area contributed by atoms with Gasteiger partial charge in [0.05, 0.1) is 6.04 Å². The number of rotatable bonds is 3. The summed E-state index contributed by atoms with van der Waals surface area (Å²) in [5, 5.41) is 4.89. The van der Waals surface area contributed by atoms with Crippen LogP contribution >= 0.6 is 11.3 Å². The highest BCUT2D eigenvalue weighted by Crippen LogP contribution is 2.30. The van der Waals surface area contributed by atoms with Crippen LogP contribution in [0.5, 0.6) is 0 Å². The molecule has 1 N–H and O–H groups in total. The van der Waals surface area contributed by atoms with Crippen LogP contribution in [0.4, 0.5) is 8.78 Å². The Hall–Kier alpha value is -1.26. The minimum Gasteiger partial charge on any atom is -0.309 e. The van der Waals surface area contributed by atoms with Gasteiger partial charge in [-0.05, 0) is 43.1 Å². The van der Waals surface area contributed by atoms with Crippen LogP contribution in [-0.2, 0) is 0 Å². The Morgan fingerprint density at radius 3 is 2.29 bits per heavy atom. The largest absolute Gasteiger partial charge is 0.309 e. The van der Waals surface area contributed by atoms with Crippen molar-refractivity contribution in [3.8, 4) is 0 Å². The zero-order chi connectivity index (χ0) is 12.4. The molecule has 0 aliphatic rings. The van der Waals surface area contributed by atoms with Crippen molar-refractivity contribution in [3.63, 3.8) is 0 Å². The predicted molar refractivity (Wildman–Crippen MR) is 66.3 cm³/mol. The Morgan fingerprint density at radius 1 is 1.18 bits per heavy atom. The van der Waals surface area contributed by atoms with E-state index in [0.717, 1.165) is 10.4 Å². The Labute approximate surface area is 103 Å². The van der Waals surface area contributed by atoms with E-state index in [2.05, 4.69) is 5.32 Å². The number of hydrogen-bond acceptors (Lipinski definition) is 2. The summed E-state index contributed by atoms with van der Waals surface area (Å²) in [6.45, 7) is 1.95. The molecule has 17 heavy (non-hydrogen) atoms. The first-order valence-corrected chi connectivity index (χ1v) is 6.18. The third-order valence-corrected chi connectivity index (χ3v) is 3.65. The summed E-state index contributed by atoms with van der Waals surface area (Å²) in [6.07, 6.45) is 0. The first kappa shape index (κ1) is 12.2. The van der Waals surface area contributed by atoms with Crippen LogP contribution in [0, 0.1) is 18.6 Å². The number of halogens is 2. The fourth-order valence-corrected chi connectivity index (χ4v) is 2.68. The van der Waals surface area contributed by atoms with Gasteiger partial charge in [-0.25, -0.2) is 8.78 Å². The van der Waals surface area contributed by atoms with Gasteiger partial charge in [0.25, 0.3) is 0 Å². The molecule has 1 nitrogen and oxygen atoms in total. The molecule has 0 saturated carbocycles. The molecule has 0 fully saturated rings. The summed E-state index contributed by atoms with van der Waals surface area (Å²) in [4.78, 5) is 1.06. The van der Waals surface area contributed by atoms with Crippen molar-refractivity contribution in [1.82, 2.24) is 5.32 Å². The second-order valence-electron chi connectivity index (χ2n) is 3.79. The first-order valence-electron chi connectivity index (χ1n) is 5.30. The Bertz CT molecular complexity index is 502. The average Bonchev–Trinajstić information content (AvgIpc) is 2.70. The molecule has 1 unspecified atom stereocenters. The molecular weight excluding hydrogens is 240 g/mol. The van der Waals surface area contributed by atoms with Crippen LogP contribution in [0.25, 0.3) is 0 Å². The van der Waals surface area contributed by atoms with Gasteiger partial charge in [0.1, 0.15) is 11.6 Å². The molecular formula is C13H13F2NS. The minimum absolute atomic E-state index is 0.0801. The molecule has 0 aliphatic heterocycles. The van der Waals surface area contributed by atoms with E-state index in [9.17, 15) is 8.78 Å². The number of benzene rings is 1. The Morgan fingerprint density at radius 2 is 1.82 bits per heavy atom. The van der Waals surface area contributed by atoms with Crippen molar-refractivity contribution in [2.45, 2.75) is 13.0 Å². The van der Waals surface area contributed by atoms with E-state index in [1.54, 1.807) is 18.4 Å². The van der Waals surface area contributed by atoms with Gasteiger partial charge in [-0.2, -0.15) is 0 Å². The molecule has 0 aliphatic carbocycles. The van der Waals surface area contributed by atoms with Crippen LogP contribution in [0.2, 0.25) is 0 Å². The van der Waals surface area contributed by atoms with Crippen LogP contribution in [0.15, 0.2) is 29.6 Å². The minimum atomic E-state index is -0.519. The molecule has 0 radical (unpaired) electrons. The summed E-state index contributed by atoms with van der Waals surface area (Å²) < 4.78 is 27.5. The molecule has 4 heteroatoms. The van der Waals surface area contributed by atoms with E-state index < -0.39 is 17.7 Å².